The Morgan fingerprint density at radius 2 is 2.15 bits per heavy atom. The van der Waals surface area contributed by atoms with Gasteiger partial charge in [-0.25, -0.2) is 0 Å². The SMILES string of the molecule is O=C1/C(=C\c2ccc[nH]2)SC(=S)N1c1cccc(Br)c1. The van der Waals surface area contributed by atoms with Gasteiger partial charge in [0.15, 0.2) is 4.32 Å². The molecule has 0 spiro atoms. The molecule has 0 aliphatic carbocycles. The smallest absolute Gasteiger partial charge is 0.270 e. The van der Waals surface area contributed by atoms with Crippen LogP contribution in [0.5, 0.6) is 0 Å². The summed E-state index contributed by atoms with van der Waals surface area (Å²) in [6.45, 7) is 0. The molecule has 1 aromatic heterocycles. The van der Waals surface area contributed by atoms with Crippen molar-refractivity contribution in [2.45, 2.75) is 0 Å². The first-order valence-corrected chi connectivity index (χ1v) is 7.84. The topological polar surface area (TPSA) is 36.1 Å². The summed E-state index contributed by atoms with van der Waals surface area (Å²) in [5.41, 5.74) is 1.66. The van der Waals surface area contributed by atoms with Crippen LogP contribution >= 0.6 is 39.9 Å². The lowest BCUT2D eigenvalue weighted by atomic mass is 10.3. The van der Waals surface area contributed by atoms with Crippen LogP contribution in [0.4, 0.5) is 5.69 Å². The van der Waals surface area contributed by atoms with Gasteiger partial charge in [-0.1, -0.05) is 46.0 Å². The maximum absolute atomic E-state index is 12.5. The van der Waals surface area contributed by atoms with E-state index in [4.69, 9.17) is 12.2 Å². The predicted molar refractivity (Wildman–Crippen MR) is 90.6 cm³/mol. The maximum atomic E-state index is 12.5. The van der Waals surface area contributed by atoms with E-state index in [-0.39, 0.29) is 5.91 Å². The summed E-state index contributed by atoms with van der Waals surface area (Å²) < 4.78 is 1.46. The molecule has 100 valence electrons. The zero-order chi connectivity index (χ0) is 14.1. The van der Waals surface area contributed by atoms with E-state index in [1.54, 1.807) is 4.90 Å². The number of anilines is 1. The van der Waals surface area contributed by atoms with Crippen LogP contribution < -0.4 is 4.90 Å². The molecule has 1 aromatic carbocycles. The van der Waals surface area contributed by atoms with Gasteiger partial charge in [0.2, 0.25) is 0 Å². The fourth-order valence-electron chi connectivity index (χ4n) is 1.88. The Bertz CT molecular complexity index is 710. The van der Waals surface area contributed by atoms with Crippen molar-refractivity contribution in [2.75, 3.05) is 4.90 Å². The molecule has 1 saturated heterocycles. The van der Waals surface area contributed by atoms with Gasteiger partial charge in [0.25, 0.3) is 5.91 Å². The van der Waals surface area contributed by atoms with Gasteiger partial charge in [-0.2, -0.15) is 0 Å². The lowest BCUT2D eigenvalue weighted by Crippen LogP contribution is -2.27. The van der Waals surface area contributed by atoms with Crippen molar-refractivity contribution in [1.29, 1.82) is 0 Å². The third-order valence-electron chi connectivity index (χ3n) is 2.77. The number of thioether (sulfide) groups is 1. The molecule has 0 saturated carbocycles. The molecule has 0 bridgehead atoms. The van der Waals surface area contributed by atoms with Crippen molar-refractivity contribution in [3.8, 4) is 0 Å². The monoisotopic (exact) mass is 364 g/mol. The summed E-state index contributed by atoms with van der Waals surface area (Å²) in [4.78, 5) is 17.7. The molecule has 2 aromatic rings. The van der Waals surface area contributed by atoms with Gasteiger partial charge in [-0.3, -0.25) is 9.69 Å². The Kier molecular flexibility index (Phi) is 3.78. The Balaban J connectivity index is 1.95. The van der Waals surface area contributed by atoms with E-state index in [2.05, 4.69) is 20.9 Å². The molecule has 1 N–H and O–H groups in total. The lowest BCUT2D eigenvalue weighted by molar-refractivity contribution is -0.113. The second-order valence-corrected chi connectivity index (χ2v) is 6.71. The van der Waals surface area contributed by atoms with Crippen LogP contribution in [-0.4, -0.2) is 15.2 Å². The molecule has 1 aliphatic rings. The lowest BCUT2D eigenvalue weighted by Gasteiger charge is -2.14. The van der Waals surface area contributed by atoms with Crippen molar-refractivity contribution >= 4 is 61.9 Å². The first-order valence-electron chi connectivity index (χ1n) is 5.82. The minimum absolute atomic E-state index is 0.0901. The highest BCUT2D eigenvalue weighted by molar-refractivity contribution is 9.10. The Hall–Kier alpha value is -1.37. The number of H-pyrrole nitrogens is 1. The van der Waals surface area contributed by atoms with Crippen LogP contribution in [0.25, 0.3) is 6.08 Å². The van der Waals surface area contributed by atoms with Gasteiger partial charge in [-0.15, -0.1) is 0 Å². The number of carbonyl (C=O) groups is 1. The van der Waals surface area contributed by atoms with Gasteiger partial charge in [0, 0.05) is 16.4 Å². The number of carbonyl (C=O) groups excluding carboxylic acids is 1. The molecule has 1 amide bonds. The minimum Gasteiger partial charge on any atom is -0.362 e. The van der Waals surface area contributed by atoms with Gasteiger partial charge < -0.3 is 4.98 Å². The van der Waals surface area contributed by atoms with Gasteiger partial charge in [-0.05, 0) is 36.4 Å². The van der Waals surface area contributed by atoms with Crippen molar-refractivity contribution in [1.82, 2.24) is 4.98 Å². The average molecular weight is 365 g/mol. The highest BCUT2D eigenvalue weighted by Crippen LogP contribution is 2.36. The molecule has 0 radical (unpaired) electrons. The zero-order valence-corrected chi connectivity index (χ0v) is 13.4. The van der Waals surface area contributed by atoms with Crippen molar-refractivity contribution in [2.24, 2.45) is 0 Å². The molecule has 0 unspecified atom stereocenters. The van der Waals surface area contributed by atoms with E-state index in [1.807, 2.05) is 48.7 Å². The van der Waals surface area contributed by atoms with Gasteiger partial charge in [0.05, 0.1) is 10.6 Å². The molecular formula is C14H9BrN2OS2. The number of nitrogens with one attached hydrogen (secondary N) is 1. The summed E-state index contributed by atoms with van der Waals surface area (Å²) >= 11 is 10.0. The van der Waals surface area contributed by atoms with Crippen molar-refractivity contribution in [3.63, 3.8) is 0 Å². The van der Waals surface area contributed by atoms with E-state index in [9.17, 15) is 4.79 Å². The maximum Gasteiger partial charge on any atom is 0.270 e. The fourth-order valence-corrected chi connectivity index (χ4v) is 3.56. The molecule has 6 heteroatoms. The van der Waals surface area contributed by atoms with Gasteiger partial charge >= 0.3 is 0 Å². The number of aromatic nitrogens is 1. The van der Waals surface area contributed by atoms with E-state index < -0.39 is 0 Å². The predicted octanol–water partition coefficient (Wildman–Crippen LogP) is 4.18. The number of amides is 1. The van der Waals surface area contributed by atoms with Crippen LogP contribution in [0.3, 0.4) is 0 Å². The summed E-state index contributed by atoms with van der Waals surface area (Å²) in [5, 5.41) is 0. The molecule has 3 nitrogen and oxygen atoms in total. The Morgan fingerprint density at radius 3 is 2.85 bits per heavy atom. The fraction of sp³-hybridized carbons (Fsp3) is 0. The third-order valence-corrected chi connectivity index (χ3v) is 4.56. The number of halogens is 1. The normalized spacial score (nSPS) is 17.2. The Morgan fingerprint density at radius 1 is 1.30 bits per heavy atom. The summed E-state index contributed by atoms with van der Waals surface area (Å²) in [5.74, 6) is -0.0901. The van der Waals surface area contributed by atoms with E-state index >= 15 is 0 Å². The second-order valence-electron chi connectivity index (χ2n) is 4.12. The van der Waals surface area contributed by atoms with Crippen molar-refractivity contribution in [3.05, 3.63) is 57.7 Å². The van der Waals surface area contributed by atoms with E-state index in [0.29, 0.717) is 9.23 Å². The standard InChI is InChI=1S/C14H9BrN2OS2/c15-9-3-1-5-11(7-9)17-13(18)12(20-14(17)19)8-10-4-2-6-16-10/h1-8,16H/b12-8+. The first kappa shape index (κ1) is 13.6. The van der Waals surface area contributed by atoms with Crippen LogP contribution in [0, 0.1) is 0 Å². The summed E-state index contributed by atoms with van der Waals surface area (Å²) in [7, 11) is 0. The van der Waals surface area contributed by atoms with Crippen LogP contribution in [0.1, 0.15) is 5.69 Å². The number of benzene rings is 1. The number of hydrogen-bond acceptors (Lipinski definition) is 3. The molecule has 1 aliphatic heterocycles. The van der Waals surface area contributed by atoms with Crippen molar-refractivity contribution < 1.29 is 4.79 Å². The third kappa shape index (κ3) is 2.59. The largest absolute Gasteiger partial charge is 0.362 e. The molecule has 1 fully saturated rings. The molecule has 0 atom stereocenters. The molecule has 3 rings (SSSR count). The quantitative estimate of drug-likeness (QED) is 0.641. The first-order chi connectivity index (χ1) is 9.65. The van der Waals surface area contributed by atoms with E-state index in [1.165, 1.54) is 11.8 Å². The number of aromatic amines is 1. The van der Waals surface area contributed by atoms with Crippen LogP contribution in [-0.2, 0) is 4.79 Å². The highest BCUT2D eigenvalue weighted by atomic mass is 79.9. The zero-order valence-electron chi connectivity index (χ0n) is 10.2. The number of rotatable bonds is 2. The molecule has 2 heterocycles. The molecule has 20 heavy (non-hydrogen) atoms. The van der Waals surface area contributed by atoms with Crippen LogP contribution in [0.15, 0.2) is 52.0 Å². The summed E-state index contributed by atoms with van der Waals surface area (Å²) in [6, 6.07) is 11.3. The van der Waals surface area contributed by atoms with Gasteiger partial charge in [0.1, 0.15) is 0 Å². The second kappa shape index (κ2) is 5.55. The minimum atomic E-state index is -0.0901. The summed E-state index contributed by atoms with van der Waals surface area (Å²) in [6.07, 6.45) is 3.64. The van der Waals surface area contributed by atoms with E-state index in [0.717, 1.165) is 15.9 Å². The van der Waals surface area contributed by atoms with Crippen LogP contribution in [0.2, 0.25) is 0 Å². The Labute approximate surface area is 134 Å². The highest BCUT2D eigenvalue weighted by Gasteiger charge is 2.33. The number of hydrogen-bond donors (Lipinski definition) is 1. The average Bonchev–Trinajstić information content (AvgIpc) is 2.99. The number of thiocarbonyl (C=S) groups is 1. The molecular weight excluding hydrogens is 356 g/mol. The number of nitrogens with zero attached hydrogens (tertiary/aromatic N) is 1.